The smallest absolute Gasteiger partial charge is 0.254 e. The fourth-order valence-electron chi connectivity index (χ4n) is 3.06. The molecule has 5 heteroatoms. The van der Waals surface area contributed by atoms with Crippen molar-refractivity contribution in [1.29, 1.82) is 0 Å². The number of benzene rings is 1. The second kappa shape index (κ2) is 6.03. The van der Waals surface area contributed by atoms with Gasteiger partial charge < -0.3 is 19.3 Å². The van der Waals surface area contributed by atoms with Crippen LogP contribution in [0.3, 0.4) is 0 Å². The average molecular weight is 290 g/mol. The van der Waals surface area contributed by atoms with Crippen molar-refractivity contribution in [3.63, 3.8) is 0 Å². The topological polar surface area (TPSA) is 42.0 Å². The number of hydrogen-bond acceptors (Lipinski definition) is 4. The summed E-state index contributed by atoms with van der Waals surface area (Å²) in [5.74, 6) is 0.0345. The maximum absolute atomic E-state index is 12.7. The molecule has 2 heterocycles. The lowest BCUT2D eigenvalue weighted by molar-refractivity contribution is -0.160. The van der Waals surface area contributed by atoms with E-state index in [1.165, 1.54) is 11.3 Å². The Kier molecular flexibility index (Phi) is 4.12. The molecule has 0 saturated carbocycles. The van der Waals surface area contributed by atoms with Crippen molar-refractivity contribution in [3.05, 3.63) is 29.8 Å². The second-order valence-corrected chi connectivity index (χ2v) is 5.76. The van der Waals surface area contributed by atoms with Gasteiger partial charge in [-0.15, -0.1) is 0 Å². The van der Waals surface area contributed by atoms with E-state index in [-0.39, 0.29) is 11.9 Å². The van der Waals surface area contributed by atoms with Crippen LogP contribution in [0.1, 0.15) is 12.5 Å². The lowest BCUT2D eigenvalue weighted by atomic mass is 10.1. The number of carbonyl (C=O) groups is 1. The van der Waals surface area contributed by atoms with Gasteiger partial charge in [-0.25, -0.2) is 0 Å². The zero-order chi connectivity index (χ0) is 14.8. The summed E-state index contributed by atoms with van der Waals surface area (Å²) >= 11 is 0. The molecule has 5 nitrogen and oxygen atoms in total. The Morgan fingerprint density at radius 1 is 1.29 bits per heavy atom. The highest BCUT2D eigenvalue weighted by molar-refractivity contribution is 5.82. The molecule has 0 bridgehead atoms. The molecular weight excluding hydrogens is 268 g/mol. The standard InChI is InChI=1S/C16H22N2O3/c1-12-9-17(2)14-6-4-3-5-13(14)10-18(12)16(19)15-11-20-7-8-21-15/h3-6,12,15H,7-11H2,1-2H3. The summed E-state index contributed by atoms with van der Waals surface area (Å²) in [5, 5.41) is 0. The largest absolute Gasteiger partial charge is 0.376 e. The molecule has 2 atom stereocenters. The molecular formula is C16H22N2O3. The Balaban J connectivity index is 1.83. The van der Waals surface area contributed by atoms with Gasteiger partial charge in [0.05, 0.1) is 19.8 Å². The SMILES string of the molecule is CC1CN(C)c2ccccc2CN1C(=O)C1COCCO1. The first-order chi connectivity index (χ1) is 10.2. The van der Waals surface area contributed by atoms with E-state index in [1.54, 1.807) is 0 Å². The normalized spacial score (nSPS) is 26.2. The number of rotatable bonds is 1. The number of amides is 1. The summed E-state index contributed by atoms with van der Waals surface area (Å²) in [4.78, 5) is 16.9. The summed E-state index contributed by atoms with van der Waals surface area (Å²) in [6.07, 6.45) is -0.461. The Labute approximate surface area is 125 Å². The minimum atomic E-state index is -0.461. The van der Waals surface area contributed by atoms with Crippen molar-refractivity contribution in [2.24, 2.45) is 0 Å². The summed E-state index contributed by atoms with van der Waals surface area (Å²) in [7, 11) is 2.07. The fourth-order valence-corrected chi connectivity index (χ4v) is 3.06. The first-order valence-corrected chi connectivity index (χ1v) is 7.45. The second-order valence-electron chi connectivity index (χ2n) is 5.76. The predicted molar refractivity (Wildman–Crippen MR) is 80.3 cm³/mol. The Morgan fingerprint density at radius 3 is 2.86 bits per heavy atom. The summed E-state index contributed by atoms with van der Waals surface area (Å²) in [6, 6.07) is 8.39. The van der Waals surface area contributed by atoms with E-state index >= 15 is 0 Å². The van der Waals surface area contributed by atoms with E-state index in [0.717, 1.165) is 6.54 Å². The van der Waals surface area contributed by atoms with Crippen LogP contribution in [0.15, 0.2) is 24.3 Å². The van der Waals surface area contributed by atoms with Crippen LogP contribution >= 0.6 is 0 Å². The van der Waals surface area contributed by atoms with Crippen molar-refractivity contribution >= 4 is 11.6 Å². The van der Waals surface area contributed by atoms with Gasteiger partial charge in [0.1, 0.15) is 0 Å². The summed E-state index contributed by atoms with van der Waals surface area (Å²) in [5.41, 5.74) is 2.37. The van der Waals surface area contributed by atoms with E-state index in [0.29, 0.717) is 26.4 Å². The van der Waals surface area contributed by atoms with Gasteiger partial charge in [-0.3, -0.25) is 4.79 Å². The quantitative estimate of drug-likeness (QED) is 0.781. The molecule has 1 saturated heterocycles. The van der Waals surface area contributed by atoms with Gasteiger partial charge in [-0.2, -0.15) is 0 Å². The number of anilines is 1. The van der Waals surface area contributed by atoms with Crippen molar-refractivity contribution in [2.45, 2.75) is 25.6 Å². The lowest BCUT2D eigenvalue weighted by Crippen LogP contribution is -2.49. The highest BCUT2D eigenvalue weighted by Gasteiger charge is 2.33. The molecule has 114 valence electrons. The van der Waals surface area contributed by atoms with Crippen molar-refractivity contribution in [3.8, 4) is 0 Å². The van der Waals surface area contributed by atoms with Crippen LogP contribution in [-0.2, 0) is 20.8 Å². The van der Waals surface area contributed by atoms with Gasteiger partial charge in [0.2, 0.25) is 0 Å². The minimum absolute atomic E-state index is 0.0345. The third-order valence-electron chi connectivity index (χ3n) is 4.19. The maximum atomic E-state index is 12.7. The Hall–Kier alpha value is -1.59. The van der Waals surface area contributed by atoms with Gasteiger partial charge in [0, 0.05) is 31.9 Å². The minimum Gasteiger partial charge on any atom is -0.376 e. The number of fused-ring (bicyclic) bond motifs is 1. The van der Waals surface area contributed by atoms with E-state index < -0.39 is 6.10 Å². The molecule has 1 fully saturated rings. The molecule has 2 aliphatic rings. The Morgan fingerprint density at radius 2 is 2.10 bits per heavy atom. The summed E-state index contributed by atoms with van der Waals surface area (Å²) in [6.45, 7) is 4.96. The Bertz CT molecular complexity index is 514. The molecule has 2 unspecified atom stereocenters. The molecule has 0 radical (unpaired) electrons. The van der Waals surface area contributed by atoms with Crippen LogP contribution in [0.25, 0.3) is 0 Å². The van der Waals surface area contributed by atoms with Crippen LogP contribution in [0.2, 0.25) is 0 Å². The van der Waals surface area contributed by atoms with E-state index in [2.05, 4.69) is 31.0 Å². The van der Waals surface area contributed by atoms with Crippen LogP contribution in [-0.4, -0.2) is 56.4 Å². The molecule has 1 amide bonds. The molecule has 1 aromatic carbocycles. The van der Waals surface area contributed by atoms with E-state index in [4.69, 9.17) is 9.47 Å². The molecule has 0 N–H and O–H groups in total. The van der Waals surface area contributed by atoms with Crippen molar-refractivity contribution in [1.82, 2.24) is 4.90 Å². The number of nitrogens with zero attached hydrogens (tertiary/aromatic N) is 2. The highest BCUT2D eigenvalue weighted by atomic mass is 16.6. The molecule has 2 aliphatic heterocycles. The van der Waals surface area contributed by atoms with Gasteiger partial charge in [-0.1, -0.05) is 18.2 Å². The third-order valence-corrected chi connectivity index (χ3v) is 4.19. The first kappa shape index (κ1) is 14.4. The van der Waals surface area contributed by atoms with E-state index in [9.17, 15) is 4.79 Å². The number of hydrogen-bond donors (Lipinski definition) is 0. The zero-order valence-electron chi connectivity index (χ0n) is 12.6. The number of likely N-dealkylation sites (N-methyl/N-ethyl adjacent to an activating group) is 1. The molecule has 0 spiro atoms. The molecule has 1 aromatic rings. The van der Waals surface area contributed by atoms with Crippen LogP contribution in [0.4, 0.5) is 5.69 Å². The zero-order valence-corrected chi connectivity index (χ0v) is 12.6. The third kappa shape index (κ3) is 2.89. The fraction of sp³-hybridized carbons (Fsp3) is 0.562. The van der Waals surface area contributed by atoms with Gasteiger partial charge in [0.25, 0.3) is 5.91 Å². The van der Waals surface area contributed by atoms with Gasteiger partial charge >= 0.3 is 0 Å². The van der Waals surface area contributed by atoms with Gasteiger partial charge in [0.15, 0.2) is 6.10 Å². The molecule has 0 aromatic heterocycles. The van der Waals surface area contributed by atoms with Crippen molar-refractivity contribution < 1.29 is 14.3 Å². The predicted octanol–water partition coefficient (Wildman–Crippen LogP) is 1.27. The van der Waals surface area contributed by atoms with Crippen LogP contribution in [0.5, 0.6) is 0 Å². The highest BCUT2D eigenvalue weighted by Crippen LogP contribution is 2.26. The molecule has 3 rings (SSSR count). The number of carbonyl (C=O) groups excluding carboxylic acids is 1. The maximum Gasteiger partial charge on any atom is 0.254 e. The summed E-state index contributed by atoms with van der Waals surface area (Å²) < 4.78 is 10.9. The number of ether oxygens (including phenoxy) is 2. The monoisotopic (exact) mass is 290 g/mol. The lowest BCUT2D eigenvalue weighted by Gasteiger charge is -2.32. The molecule has 21 heavy (non-hydrogen) atoms. The van der Waals surface area contributed by atoms with Crippen molar-refractivity contribution in [2.75, 3.05) is 38.3 Å². The molecule has 0 aliphatic carbocycles. The van der Waals surface area contributed by atoms with E-state index in [1.807, 2.05) is 17.0 Å². The average Bonchev–Trinajstić information content (AvgIpc) is 2.64. The number of para-hydroxylation sites is 1. The van der Waals surface area contributed by atoms with Crippen LogP contribution < -0.4 is 4.90 Å². The van der Waals surface area contributed by atoms with Gasteiger partial charge in [-0.05, 0) is 18.6 Å². The first-order valence-electron chi connectivity index (χ1n) is 7.45. The van der Waals surface area contributed by atoms with Crippen LogP contribution in [0, 0.1) is 0 Å².